The quantitative estimate of drug-likeness (QED) is 0.656. The van der Waals surface area contributed by atoms with Gasteiger partial charge in [0.1, 0.15) is 5.75 Å². The third-order valence-electron chi connectivity index (χ3n) is 1.66. The molecule has 1 rings (SSSR count). The molecule has 4 N–H and O–H groups in total. The van der Waals surface area contributed by atoms with Crippen LogP contribution in [0.5, 0.6) is 5.75 Å². The van der Waals surface area contributed by atoms with Crippen LogP contribution >= 0.6 is 45.2 Å². The number of hydrogen-bond donors (Lipinski definition) is 3. The monoisotopic (exact) mass is 405 g/mol. The van der Waals surface area contributed by atoms with E-state index in [1.165, 1.54) is 0 Å². The van der Waals surface area contributed by atoms with Gasteiger partial charge in [-0.1, -0.05) is 0 Å². The van der Waals surface area contributed by atoms with Crippen molar-refractivity contribution < 1.29 is 10.2 Å². The molecule has 1 aromatic rings. The Kier molecular flexibility index (Phi) is 4.20. The molecule has 0 saturated carbocycles. The molecule has 3 nitrogen and oxygen atoms in total. The van der Waals surface area contributed by atoms with Gasteiger partial charge in [0.05, 0.1) is 19.8 Å². The minimum atomic E-state index is -0.373. The van der Waals surface area contributed by atoms with E-state index in [0.29, 0.717) is 0 Å². The summed E-state index contributed by atoms with van der Waals surface area (Å²) < 4.78 is 1.51. The van der Waals surface area contributed by atoms with Gasteiger partial charge in [0.2, 0.25) is 0 Å². The van der Waals surface area contributed by atoms with E-state index >= 15 is 0 Å². The van der Waals surface area contributed by atoms with Gasteiger partial charge in [-0.15, -0.1) is 0 Å². The fraction of sp³-hybridized carbons (Fsp3) is 0.250. The van der Waals surface area contributed by atoms with Crippen LogP contribution < -0.4 is 5.73 Å². The molecule has 72 valence electrons. The number of nitrogens with two attached hydrogens (primary N) is 1. The van der Waals surface area contributed by atoms with Crippen LogP contribution in [0.4, 0.5) is 0 Å². The summed E-state index contributed by atoms with van der Waals surface area (Å²) in [5.41, 5.74) is 6.49. The van der Waals surface area contributed by atoms with Gasteiger partial charge in [-0.3, -0.25) is 0 Å². The van der Waals surface area contributed by atoms with Crippen LogP contribution in [-0.4, -0.2) is 16.8 Å². The topological polar surface area (TPSA) is 66.5 Å². The van der Waals surface area contributed by atoms with Gasteiger partial charge in [-0.2, -0.15) is 0 Å². The molecule has 0 bridgehead atoms. The Morgan fingerprint density at radius 2 is 1.77 bits per heavy atom. The summed E-state index contributed by atoms with van der Waals surface area (Å²) in [5, 5.41) is 18.3. The zero-order valence-corrected chi connectivity index (χ0v) is 11.0. The van der Waals surface area contributed by atoms with E-state index in [1.807, 2.05) is 45.2 Å². The molecule has 0 saturated heterocycles. The largest absolute Gasteiger partial charge is 0.506 e. The third-order valence-corrected chi connectivity index (χ3v) is 3.31. The van der Waals surface area contributed by atoms with Crippen molar-refractivity contribution in [3.63, 3.8) is 0 Å². The smallest absolute Gasteiger partial charge is 0.142 e. The van der Waals surface area contributed by atoms with Crippen molar-refractivity contribution in [1.29, 1.82) is 0 Å². The van der Waals surface area contributed by atoms with Crippen LogP contribution in [0.3, 0.4) is 0 Å². The Labute approximate surface area is 104 Å². The fourth-order valence-corrected chi connectivity index (χ4v) is 2.72. The molecule has 0 aliphatic carbocycles. The summed E-state index contributed by atoms with van der Waals surface area (Å²) in [5.74, 6) is 0.273. The molecular formula is C8H9I2NO2. The first kappa shape index (κ1) is 11.5. The number of benzene rings is 1. The molecule has 1 atom stereocenters. The first-order valence-corrected chi connectivity index (χ1v) is 5.76. The standard InChI is InChI=1S/C8H9I2NO2/c9-5-1-4(7(11)3-12)2-6(10)8(5)13/h1-2,7,12-13H,3,11H2/t7-/m1/s1. The van der Waals surface area contributed by atoms with Gasteiger partial charge >= 0.3 is 0 Å². The molecule has 0 aromatic heterocycles. The molecule has 0 amide bonds. The highest BCUT2D eigenvalue weighted by Crippen LogP contribution is 2.28. The molecule has 0 aliphatic rings. The molecule has 5 heteroatoms. The molecule has 0 radical (unpaired) electrons. The summed E-state index contributed by atoms with van der Waals surface area (Å²) >= 11 is 4.07. The zero-order chi connectivity index (χ0) is 10.0. The molecule has 0 heterocycles. The van der Waals surface area contributed by atoms with Gasteiger partial charge in [0, 0.05) is 0 Å². The minimum Gasteiger partial charge on any atom is -0.506 e. The van der Waals surface area contributed by atoms with Crippen molar-refractivity contribution in [3.8, 4) is 5.75 Å². The molecule has 0 aliphatic heterocycles. The van der Waals surface area contributed by atoms with E-state index in [2.05, 4.69) is 0 Å². The van der Waals surface area contributed by atoms with Crippen molar-refractivity contribution in [1.82, 2.24) is 0 Å². The van der Waals surface area contributed by atoms with E-state index < -0.39 is 0 Å². The number of halogens is 2. The van der Waals surface area contributed by atoms with Gasteiger partial charge < -0.3 is 15.9 Å². The second-order valence-corrected chi connectivity index (χ2v) is 4.95. The van der Waals surface area contributed by atoms with Crippen molar-refractivity contribution in [3.05, 3.63) is 24.8 Å². The summed E-state index contributed by atoms with van der Waals surface area (Å²) in [6.45, 7) is -0.0864. The Hall–Kier alpha value is 0.400. The maximum Gasteiger partial charge on any atom is 0.142 e. The summed E-state index contributed by atoms with van der Waals surface area (Å²) in [7, 11) is 0. The Bertz CT molecular complexity index is 294. The van der Waals surface area contributed by atoms with Gasteiger partial charge in [0.25, 0.3) is 0 Å². The lowest BCUT2D eigenvalue weighted by Crippen LogP contribution is -2.14. The summed E-state index contributed by atoms with van der Waals surface area (Å²) in [6, 6.07) is 3.18. The van der Waals surface area contributed by atoms with Crippen molar-refractivity contribution in [2.24, 2.45) is 5.73 Å². The first-order chi connectivity index (χ1) is 6.06. The van der Waals surface area contributed by atoms with Crippen LogP contribution in [0.25, 0.3) is 0 Å². The lowest BCUT2D eigenvalue weighted by atomic mass is 10.1. The maximum absolute atomic E-state index is 9.47. The number of phenolic OH excluding ortho intramolecular Hbond substituents is 1. The Balaban J connectivity index is 3.13. The SMILES string of the molecule is N[C@H](CO)c1cc(I)c(O)c(I)c1. The Morgan fingerprint density at radius 1 is 1.31 bits per heavy atom. The predicted octanol–water partition coefficient (Wildman–Crippen LogP) is 1.59. The van der Waals surface area contributed by atoms with Gasteiger partial charge in [-0.25, -0.2) is 0 Å². The van der Waals surface area contributed by atoms with E-state index in [0.717, 1.165) is 12.7 Å². The van der Waals surface area contributed by atoms with E-state index in [9.17, 15) is 5.11 Å². The highest BCUT2D eigenvalue weighted by molar-refractivity contribution is 14.1. The van der Waals surface area contributed by atoms with E-state index in [-0.39, 0.29) is 18.4 Å². The second-order valence-electron chi connectivity index (χ2n) is 2.62. The molecule has 0 spiro atoms. The number of aliphatic hydroxyl groups excluding tert-OH is 1. The first-order valence-electron chi connectivity index (χ1n) is 3.60. The lowest BCUT2D eigenvalue weighted by molar-refractivity contribution is 0.268. The van der Waals surface area contributed by atoms with Crippen LogP contribution in [0.1, 0.15) is 11.6 Å². The van der Waals surface area contributed by atoms with Crippen LogP contribution in [0.2, 0.25) is 0 Å². The van der Waals surface area contributed by atoms with Crippen molar-refractivity contribution in [2.75, 3.05) is 6.61 Å². The van der Waals surface area contributed by atoms with Crippen molar-refractivity contribution >= 4 is 45.2 Å². The average molecular weight is 405 g/mol. The lowest BCUT2D eigenvalue weighted by Gasteiger charge is -2.10. The fourth-order valence-electron chi connectivity index (χ4n) is 0.905. The third kappa shape index (κ3) is 2.67. The normalized spacial score (nSPS) is 12.9. The molecule has 0 unspecified atom stereocenters. The van der Waals surface area contributed by atoms with Crippen LogP contribution in [0.15, 0.2) is 12.1 Å². The summed E-state index contributed by atoms with van der Waals surface area (Å²) in [4.78, 5) is 0. The number of hydrogen-bond acceptors (Lipinski definition) is 3. The van der Waals surface area contributed by atoms with E-state index in [4.69, 9.17) is 10.8 Å². The average Bonchev–Trinajstić information content (AvgIpc) is 2.12. The second kappa shape index (κ2) is 4.76. The number of rotatable bonds is 2. The van der Waals surface area contributed by atoms with Gasteiger partial charge in [-0.05, 0) is 62.9 Å². The molecule has 13 heavy (non-hydrogen) atoms. The molecule has 0 fully saturated rings. The highest BCUT2D eigenvalue weighted by atomic mass is 127. The molecular weight excluding hydrogens is 396 g/mol. The number of aromatic hydroxyl groups is 1. The van der Waals surface area contributed by atoms with Crippen molar-refractivity contribution in [2.45, 2.75) is 6.04 Å². The van der Waals surface area contributed by atoms with Crippen LogP contribution in [0, 0.1) is 7.14 Å². The number of phenols is 1. The Morgan fingerprint density at radius 3 is 2.15 bits per heavy atom. The van der Waals surface area contributed by atoms with Crippen LogP contribution in [-0.2, 0) is 0 Å². The molecule has 1 aromatic carbocycles. The maximum atomic E-state index is 9.47. The predicted molar refractivity (Wildman–Crippen MR) is 67.6 cm³/mol. The zero-order valence-electron chi connectivity index (χ0n) is 6.67. The highest BCUT2D eigenvalue weighted by Gasteiger charge is 2.10. The van der Waals surface area contributed by atoms with Gasteiger partial charge in [0.15, 0.2) is 0 Å². The number of aliphatic hydroxyl groups is 1. The minimum absolute atomic E-state index is 0.0864. The van der Waals surface area contributed by atoms with E-state index in [1.54, 1.807) is 12.1 Å². The summed E-state index contributed by atoms with van der Waals surface area (Å²) in [6.07, 6.45) is 0.